The molecule has 1 N–H and O–H groups in total. The van der Waals surface area contributed by atoms with E-state index in [-0.39, 0.29) is 32.2 Å². The van der Waals surface area contributed by atoms with Crippen molar-refractivity contribution in [3.05, 3.63) is 36.5 Å². The summed E-state index contributed by atoms with van der Waals surface area (Å²) < 4.78 is 43.2. The Morgan fingerprint density at radius 3 is 1.07 bits per heavy atom. The number of allylic oxidation sites excluding steroid dienone is 1. The third-order valence-electron chi connectivity index (χ3n) is 6.17. The Hall–Kier alpha value is -3.92. The van der Waals surface area contributed by atoms with Crippen LogP contribution in [0.4, 0.5) is 0 Å². The summed E-state index contributed by atoms with van der Waals surface area (Å²) in [5, 5.41) is 8.58. The van der Waals surface area contributed by atoms with E-state index in [1.165, 1.54) is 6.92 Å². The predicted molar refractivity (Wildman–Crippen MR) is 124 cm³/mol. The van der Waals surface area contributed by atoms with E-state index in [9.17, 15) is 28.8 Å². The van der Waals surface area contributed by atoms with Crippen molar-refractivity contribution in [1.29, 1.82) is 0 Å². The lowest BCUT2D eigenvalue weighted by atomic mass is 10.1. The van der Waals surface area contributed by atoms with Gasteiger partial charge in [-0.2, -0.15) is 0 Å². The molecule has 0 unspecified atom stereocenters. The maximum atomic E-state index is 12.3. The van der Waals surface area contributed by atoms with Gasteiger partial charge in [-0.15, -0.1) is 0 Å². The standard InChI is InChI=1S/C25H26O15/c1-12(26)2-4-18(29)37-13-8-33-24-15(10-35-22(13)24)39-20(31)6-7-21(32)40-16-11-36-23-14(9-34-25(16)23)38-19(30)5-3-17(27)28/h2-7,13-16,22-25H,8-11H2,1H3,(H,27,28)/t13-,14-,15-,16-,22-,23-,24-,25-/m1/s1. The van der Waals surface area contributed by atoms with E-state index >= 15 is 0 Å². The SMILES string of the molecule is CC(=O)C=CC(=O)O[C@@H]1CO[C@H]2[C@@H]1OC[C@H]2OC(=O)C=CC(=O)O[C@@H]1CO[C@H]2[C@@H]1OC[C@H]2OC(=O)C=CC(=O)O. The van der Waals surface area contributed by atoms with Crippen LogP contribution in [0.25, 0.3) is 0 Å². The van der Waals surface area contributed by atoms with E-state index in [0.29, 0.717) is 6.08 Å². The van der Waals surface area contributed by atoms with Crippen LogP contribution >= 0.6 is 0 Å². The molecular weight excluding hydrogens is 540 g/mol. The number of hydrogen-bond donors (Lipinski definition) is 1. The number of carbonyl (C=O) groups is 6. The highest BCUT2D eigenvalue weighted by Crippen LogP contribution is 2.32. The normalized spacial score (nSPS) is 32.7. The third kappa shape index (κ3) is 7.38. The summed E-state index contributed by atoms with van der Waals surface area (Å²) in [5.41, 5.74) is 0. The lowest BCUT2D eigenvalue weighted by Crippen LogP contribution is -2.36. The second-order valence-electron chi connectivity index (χ2n) is 9.04. The summed E-state index contributed by atoms with van der Waals surface area (Å²) >= 11 is 0. The van der Waals surface area contributed by atoms with Crippen molar-refractivity contribution < 1.29 is 71.8 Å². The fourth-order valence-electron chi connectivity index (χ4n) is 4.48. The molecule has 4 fully saturated rings. The van der Waals surface area contributed by atoms with Crippen LogP contribution in [-0.4, -0.2) is 116 Å². The van der Waals surface area contributed by atoms with Crippen LogP contribution in [-0.2, 0) is 66.7 Å². The van der Waals surface area contributed by atoms with Crippen molar-refractivity contribution >= 4 is 35.6 Å². The van der Waals surface area contributed by atoms with Gasteiger partial charge in [0.15, 0.2) is 30.2 Å². The number of hydrogen-bond acceptors (Lipinski definition) is 14. The number of esters is 4. The Morgan fingerprint density at radius 2 is 0.800 bits per heavy atom. The van der Waals surface area contributed by atoms with Crippen molar-refractivity contribution in [2.45, 2.75) is 55.8 Å². The van der Waals surface area contributed by atoms with E-state index in [4.69, 9.17) is 43.0 Å². The van der Waals surface area contributed by atoms with Crippen molar-refractivity contribution in [1.82, 2.24) is 0 Å². The minimum atomic E-state index is -1.31. The highest BCUT2D eigenvalue weighted by molar-refractivity contribution is 5.94. The molecule has 4 aliphatic heterocycles. The molecule has 15 heteroatoms. The molecule has 0 aromatic carbocycles. The topological polar surface area (TPSA) is 196 Å². The zero-order chi connectivity index (χ0) is 28.8. The number of carbonyl (C=O) groups excluding carboxylic acids is 5. The van der Waals surface area contributed by atoms with Crippen LogP contribution in [0.15, 0.2) is 36.5 Å². The van der Waals surface area contributed by atoms with Crippen LogP contribution in [0.1, 0.15) is 6.92 Å². The Morgan fingerprint density at radius 1 is 0.525 bits per heavy atom. The second kappa shape index (κ2) is 13.0. The molecule has 4 rings (SSSR count). The maximum absolute atomic E-state index is 12.3. The maximum Gasteiger partial charge on any atom is 0.331 e. The van der Waals surface area contributed by atoms with E-state index in [1.807, 2.05) is 0 Å². The Kier molecular flexibility index (Phi) is 9.42. The minimum Gasteiger partial charge on any atom is -0.478 e. The van der Waals surface area contributed by atoms with Crippen LogP contribution in [0, 0.1) is 0 Å². The molecule has 0 saturated carbocycles. The number of ether oxygens (including phenoxy) is 8. The molecule has 0 radical (unpaired) electrons. The fraction of sp³-hybridized carbons (Fsp3) is 0.520. The van der Waals surface area contributed by atoms with Gasteiger partial charge in [0.25, 0.3) is 0 Å². The monoisotopic (exact) mass is 566 g/mol. The van der Waals surface area contributed by atoms with Crippen LogP contribution < -0.4 is 0 Å². The first-order valence-electron chi connectivity index (χ1n) is 12.2. The molecule has 4 saturated heterocycles. The highest BCUT2D eigenvalue weighted by atomic mass is 16.7. The largest absolute Gasteiger partial charge is 0.478 e. The van der Waals surface area contributed by atoms with Gasteiger partial charge in [-0.3, -0.25) is 4.79 Å². The molecule has 0 spiro atoms. The average molecular weight is 566 g/mol. The minimum absolute atomic E-state index is 0.0119. The first kappa shape index (κ1) is 29.1. The summed E-state index contributed by atoms with van der Waals surface area (Å²) in [6.07, 6.45) is -0.804. The molecule has 0 aromatic rings. The van der Waals surface area contributed by atoms with Gasteiger partial charge in [-0.05, 0) is 13.0 Å². The quantitative estimate of drug-likeness (QED) is 0.183. The highest BCUT2D eigenvalue weighted by Gasteiger charge is 2.52. The molecule has 4 heterocycles. The molecule has 4 aliphatic rings. The second-order valence-corrected chi connectivity index (χ2v) is 9.04. The molecule has 0 bridgehead atoms. The van der Waals surface area contributed by atoms with Gasteiger partial charge in [0.2, 0.25) is 0 Å². The van der Waals surface area contributed by atoms with Crippen LogP contribution in [0.3, 0.4) is 0 Å². The molecule has 40 heavy (non-hydrogen) atoms. The summed E-state index contributed by atoms with van der Waals surface area (Å²) in [4.78, 5) is 69.5. The lowest BCUT2D eigenvalue weighted by molar-refractivity contribution is -0.152. The van der Waals surface area contributed by atoms with Crippen molar-refractivity contribution in [2.75, 3.05) is 26.4 Å². The Labute approximate surface area is 226 Å². The van der Waals surface area contributed by atoms with Gasteiger partial charge < -0.3 is 43.0 Å². The van der Waals surface area contributed by atoms with E-state index in [0.717, 1.165) is 30.4 Å². The Bertz CT molecular complexity index is 1040. The fourth-order valence-corrected chi connectivity index (χ4v) is 4.48. The summed E-state index contributed by atoms with van der Waals surface area (Å²) in [6, 6.07) is 0. The zero-order valence-corrected chi connectivity index (χ0v) is 21.1. The number of fused-ring (bicyclic) bond motifs is 2. The van der Waals surface area contributed by atoms with Crippen molar-refractivity contribution in [3.8, 4) is 0 Å². The van der Waals surface area contributed by atoms with Gasteiger partial charge in [-0.1, -0.05) is 0 Å². The lowest BCUT2D eigenvalue weighted by Gasteiger charge is -2.16. The molecule has 0 aliphatic carbocycles. The van der Waals surface area contributed by atoms with Crippen LogP contribution in [0.5, 0.6) is 0 Å². The molecule has 0 amide bonds. The number of aliphatic carboxylic acids is 1. The first-order valence-corrected chi connectivity index (χ1v) is 12.2. The molecule has 0 aromatic heterocycles. The van der Waals surface area contributed by atoms with Gasteiger partial charge in [0.1, 0.15) is 24.4 Å². The molecular formula is C25H26O15. The number of rotatable bonds is 10. The van der Waals surface area contributed by atoms with Gasteiger partial charge in [0, 0.05) is 30.4 Å². The van der Waals surface area contributed by atoms with Crippen LogP contribution in [0.2, 0.25) is 0 Å². The molecule has 15 nitrogen and oxygen atoms in total. The van der Waals surface area contributed by atoms with Gasteiger partial charge in [0.05, 0.1) is 26.4 Å². The molecule has 8 atom stereocenters. The van der Waals surface area contributed by atoms with Crippen molar-refractivity contribution in [2.24, 2.45) is 0 Å². The summed E-state index contributed by atoms with van der Waals surface area (Å²) in [6.45, 7) is 1.19. The van der Waals surface area contributed by atoms with Gasteiger partial charge in [-0.25, -0.2) is 24.0 Å². The summed E-state index contributed by atoms with van der Waals surface area (Å²) in [7, 11) is 0. The van der Waals surface area contributed by atoms with E-state index in [2.05, 4.69) is 0 Å². The predicted octanol–water partition coefficient (Wildman–Crippen LogP) is -1.43. The Balaban J connectivity index is 1.20. The third-order valence-corrected chi connectivity index (χ3v) is 6.17. The first-order chi connectivity index (χ1) is 19.1. The zero-order valence-electron chi connectivity index (χ0n) is 21.1. The van der Waals surface area contributed by atoms with Crippen molar-refractivity contribution in [3.63, 3.8) is 0 Å². The smallest absolute Gasteiger partial charge is 0.331 e. The average Bonchev–Trinajstić information content (AvgIpc) is 3.66. The number of carboxylic acid groups (broad SMARTS) is 1. The van der Waals surface area contributed by atoms with E-state index in [1.54, 1.807) is 0 Å². The number of ketones is 1. The number of carboxylic acids is 1. The van der Waals surface area contributed by atoms with E-state index < -0.39 is 78.7 Å². The summed E-state index contributed by atoms with van der Waals surface area (Å²) in [5.74, 6) is -4.98. The molecule has 216 valence electrons. The van der Waals surface area contributed by atoms with Gasteiger partial charge >= 0.3 is 29.8 Å².